The maximum absolute atomic E-state index is 14.2. The Balaban J connectivity index is 1.78. The van der Waals surface area contributed by atoms with Gasteiger partial charge >= 0.3 is 12.4 Å². The zero-order valence-corrected chi connectivity index (χ0v) is 21.1. The van der Waals surface area contributed by atoms with Crippen molar-refractivity contribution in [2.45, 2.75) is 44.1 Å². The first-order valence-corrected chi connectivity index (χ1v) is 11.9. The molecule has 196 valence electrons. The molecule has 2 aromatic rings. The maximum Gasteiger partial charge on any atom is 0.435 e. The van der Waals surface area contributed by atoms with Gasteiger partial charge < -0.3 is 10.2 Å². The van der Waals surface area contributed by atoms with Gasteiger partial charge in [0, 0.05) is 18.4 Å². The fraction of sp³-hybridized carbons (Fsp3) is 0.381. The summed E-state index contributed by atoms with van der Waals surface area (Å²) < 4.78 is 79.2. The predicted octanol–water partition coefficient (Wildman–Crippen LogP) is 7.24. The minimum absolute atomic E-state index is 0.0930. The first kappa shape index (κ1) is 28.5. The standard InChI is InChI=1S/C21H15Cl3F6N2O3S/c1-9-4-15(36-18(9)14(33)2-3-16(34)31-8-20(25,26)27)13-7-19(35-32-13,21(28,29)30)10-5-11(22)17(24)12(23)6-10/h4-6H,2-3,7-8H2,1H3,(H,31,34)/t19-/m0/s1. The van der Waals surface area contributed by atoms with Crippen molar-refractivity contribution in [3.8, 4) is 0 Å². The summed E-state index contributed by atoms with van der Waals surface area (Å²) in [5.74, 6) is -1.51. The van der Waals surface area contributed by atoms with Crippen molar-refractivity contribution in [2.24, 2.45) is 5.16 Å². The Morgan fingerprint density at radius 3 is 2.25 bits per heavy atom. The van der Waals surface area contributed by atoms with Crippen molar-refractivity contribution in [1.82, 2.24) is 5.32 Å². The molecule has 0 fully saturated rings. The van der Waals surface area contributed by atoms with Crippen molar-refractivity contribution < 1.29 is 40.8 Å². The molecule has 15 heteroatoms. The lowest BCUT2D eigenvalue weighted by Gasteiger charge is -2.29. The van der Waals surface area contributed by atoms with Crippen LogP contribution >= 0.6 is 46.1 Å². The third-order valence-corrected chi connectivity index (χ3v) is 7.68. The second kappa shape index (κ2) is 10.4. The van der Waals surface area contributed by atoms with E-state index in [4.69, 9.17) is 39.6 Å². The summed E-state index contributed by atoms with van der Waals surface area (Å²) in [6.07, 6.45) is -11.1. The molecule has 0 aliphatic carbocycles. The lowest BCUT2D eigenvalue weighted by Crippen LogP contribution is -2.42. The molecular formula is C21H15Cl3F6N2O3S. The van der Waals surface area contributed by atoms with Gasteiger partial charge in [-0.25, -0.2) is 0 Å². The quantitative estimate of drug-likeness (QED) is 0.208. The first-order valence-electron chi connectivity index (χ1n) is 9.98. The molecule has 1 atom stereocenters. The number of benzene rings is 1. The van der Waals surface area contributed by atoms with Crippen molar-refractivity contribution in [2.75, 3.05) is 6.54 Å². The summed E-state index contributed by atoms with van der Waals surface area (Å²) in [6, 6.07) is 3.42. The number of amides is 1. The normalized spacial score (nSPS) is 18.1. The molecule has 0 bridgehead atoms. The highest BCUT2D eigenvalue weighted by Gasteiger charge is 2.62. The number of hydrogen-bond donors (Lipinski definition) is 1. The van der Waals surface area contributed by atoms with Crippen molar-refractivity contribution >= 4 is 63.5 Å². The summed E-state index contributed by atoms with van der Waals surface area (Å²) in [7, 11) is 0. The minimum atomic E-state index is -4.94. The zero-order valence-electron chi connectivity index (χ0n) is 18.0. The average Bonchev–Trinajstić information content (AvgIpc) is 3.38. The summed E-state index contributed by atoms with van der Waals surface area (Å²) in [4.78, 5) is 29.4. The molecule has 5 nitrogen and oxygen atoms in total. The van der Waals surface area contributed by atoms with Crippen LogP contribution in [0.15, 0.2) is 23.4 Å². The summed E-state index contributed by atoms with van der Waals surface area (Å²) in [5.41, 5.74) is -3.01. The number of hydrogen-bond acceptors (Lipinski definition) is 5. The van der Waals surface area contributed by atoms with Crippen LogP contribution in [0.3, 0.4) is 0 Å². The van der Waals surface area contributed by atoms with Crippen molar-refractivity contribution in [1.29, 1.82) is 0 Å². The smallest absolute Gasteiger partial charge is 0.374 e. The summed E-state index contributed by atoms with van der Waals surface area (Å²) >= 11 is 18.5. The van der Waals surface area contributed by atoms with Gasteiger partial charge in [-0.3, -0.25) is 9.59 Å². The number of Topliss-reactive ketones (excluding diaryl/α,β-unsaturated/α-hetero) is 1. The third kappa shape index (κ3) is 6.09. The Bertz CT molecular complexity index is 1210. The number of carbonyl (C=O) groups excluding carboxylic acids is 2. The van der Waals surface area contributed by atoms with Crippen LogP contribution in [0.5, 0.6) is 0 Å². The Kier molecular flexibility index (Phi) is 8.24. The Morgan fingerprint density at radius 2 is 1.69 bits per heavy atom. The molecule has 0 unspecified atom stereocenters. The van der Waals surface area contributed by atoms with Crippen molar-refractivity contribution in [3.05, 3.63) is 54.1 Å². The first-order chi connectivity index (χ1) is 16.5. The lowest BCUT2D eigenvalue weighted by molar-refractivity contribution is -0.275. The highest BCUT2D eigenvalue weighted by Crippen LogP contribution is 2.51. The molecular weight excluding hydrogens is 581 g/mol. The minimum Gasteiger partial charge on any atom is -0.374 e. The van der Waals surface area contributed by atoms with Crippen LogP contribution in [-0.4, -0.2) is 36.3 Å². The van der Waals surface area contributed by atoms with Gasteiger partial charge in [-0.05, 0) is 30.7 Å². The fourth-order valence-corrected chi connectivity index (χ4v) is 5.07. The molecule has 3 rings (SSSR count). The van der Waals surface area contributed by atoms with Gasteiger partial charge in [-0.1, -0.05) is 40.0 Å². The van der Waals surface area contributed by atoms with E-state index in [2.05, 4.69) is 5.16 Å². The second-order valence-electron chi connectivity index (χ2n) is 7.82. The van der Waals surface area contributed by atoms with Crippen molar-refractivity contribution in [3.63, 3.8) is 0 Å². The van der Waals surface area contributed by atoms with Crippen LogP contribution in [0, 0.1) is 6.92 Å². The molecule has 0 saturated heterocycles. The number of alkyl halides is 6. The molecule has 1 aliphatic rings. The van der Waals surface area contributed by atoms with E-state index in [1.165, 1.54) is 13.0 Å². The second-order valence-corrected chi connectivity index (χ2v) is 10.1. The number of carbonyl (C=O) groups is 2. The van der Waals surface area contributed by atoms with Gasteiger partial charge in [0.15, 0.2) is 5.78 Å². The number of nitrogens with one attached hydrogen (secondary N) is 1. The number of thiophene rings is 1. The number of oxime groups is 1. The van der Waals surface area contributed by atoms with Crippen LogP contribution in [0.4, 0.5) is 26.3 Å². The lowest BCUT2D eigenvalue weighted by atomic mass is 9.88. The van der Waals surface area contributed by atoms with E-state index in [0.29, 0.717) is 5.56 Å². The molecule has 1 amide bonds. The number of rotatable bonds is 7. The topological polar surface area (TPSA) is 67.8 Å². The van der Waals surface area contributed by atoms with Crippen LogP contribution in [0.2, 0.25) is 15.1 Å². The van der Waals surface area contributed by atoms with Gasteiger partial charge in [-0.15, -0.1) is 11.3 Å². The molecule has 36 heavy (non-hydrogen) atoms. The highest BCUT2D eigenvalue weighted by molar-refractivity contribution is 7.16. The van der Waals surface area contributed by atoms with Crippen LogP contribution < -0.4 is 5.32 Å². The van der Waals surface area contributed by atoms with E-state index in [-0.39, 0.29) is 37.0 Å². The van der Waals surface area contributed by atoms with E-state index in [1.54, 1.807) is 5.32 Å². The van der Waals surface area contributed by atoms with Gasteiger partial charge in [0.1, 0.15) is 12.3 Å². The van der Waals surface area contributed by atoms with Crippen LogP contribution in [0.1, 0.15) is 44.9 Å². The van der Waals surface area contributed by atoms with Gasteiger partial charge in [0.2, 0.25) is 5.91 Å². The molecule has 2 heterocycles. The van der Waals surface area contributed by atoms with Gasteiger partial charge in [0.25, 0.3) is 5.60 Å². The van der Waals surface area contributed by atoms with Gasteiger partial charge in [-0.2, -0.15) is 26.3 Å². The zero-order chi connectivity index (χ0) is 27.1. The Morgan fingerprint density at radius 1 is 1.08 bits per heavy atom. The summed E-state index contributed by atoms with van der Waals surface area (Å²) in [5, 5.41) is 4.75. The van der Waals surface area contributed by atoms with E-state index in [9.17, 15) is 35.9 Å². The molecule has 0 spiro atoms. The largest absolute Gasteiger partial charge is 0.435 e. The number of ketones is 1. The average molecular weight is 596 g/mol. The molecule has 0 saturated carbocycles. The molecule has 1 N–H and O–H groups in total. The Labute approximate surface area is 219 Å². The predicted molar refractivity (Wildman–Crippen MR) is 123 cm³/mol. The van der Waals surface area contributed by atoms with E-state index < -0.39 is 54.6 Å². The van der Waals surface area contributed by atoms with E-state index in [0.717, 1.165) is 23.5 Å². The number of halogens is 9. The third-order valence-electron chi connectivity index (χ3n) is 5.16. The van der Waals surface area contributed by atoms with Crippen LogP contribution in [-0.2, 0) is 15.2 Å². The fourth-order valence-electron chi connectivity index (χ4n) is 3.35. The van der Waals surface area contributed by atoms with E-state index in [1.807, 2.05) is 0 Å². The van der Waals surface area contributed by atoms with Gasteiger partial charge in [0.05, 0.1) is 31.2 Å². The number of nitrogens with zero attached hydrogens (tertiary/aromatic N) is 1. The van der Waals surface area contributed by atoms with Crippen LogP contribution in [0.25, 0.3) is 0 Å². The molecule has 1 aliphatic heterocycles. The van der Waals surface area contributed by atoms with E-state index >= 15 is 0 Å². The molecule has 1 aromatic heterocycles. The molecule has 1 aromatic carbocycles. The number of aryl methyl sites for hydroxylation is 1. The Hall–Kier alpha value is -2.02. The monoisotopic (exact) mass is 594 g/mol. The molecule has 0 radical (unpaired) electrons. The maximum atomic E-state index is 14.2. The summed E-state index contributed by atoms with van der Waals surface area (Å²) in [6.45, 7) is 0.0100. The SMILES string of the molecule is Cc1cc(C2=NO[C@@](c3cc(Cl)c(Cl)c(Cl)c3)(C(F)(F)F)C2)sc1C(=O)CCC(=O)NCC(F)(F)F. The highest BCUT2D eigenvalue weighted by atomic mass is 35.5.